The monoisotopic (exact) mass is 328 g/mol. The van der Waals surface area contributed by atoms with Gasteiger partial charge in [0.2, 0.25) is 0 Å². The van der Waals surface area contributed by atoms with Gasteiger partial charge in [-0.2, -0.15) is 21.6 Å². The summed E-state index contributed by atoms with van der Waals surface area (Å²) >= 11 is 5.66. The molecule has 2 aromatic carbocycles. The van der Waals surface area contributed by atoms with Crippen molar-refractivity contribution in [2.75, 3.05) is 0 Å². The SMILES string of the molecule is O=S(=O)(Oc1cccc2c(Cl)c(F)ccc12)C(F)(F)F. The van der Waals surface area contributed by atoms with Crippen molar-refractivity contribution in [1.29, 1.82) is 0 Å². The van der Waals surface area contributed by atoms with E-state index in [2.05, 4.69) is 4.18 Å². The fraction of sp³-hybridized carbons (Fsp3) is 0.0909. The van der Waals surface area contributed by atoms with Gasteiger partial charge in [0.05, 0.1) is 5.02 Å². The van der Waals surface area contributed by atoms with Crippen molar-refractivity contribution in [3.8, 4) is 5.75 Å². The summed E-state index contributed by atoms with van der Waals surface area (Å²) in [6, 6.07) is 5.53. The zero-order chi connectivity index (χ0) is 15.1. The molecule has 0 unspecified atom stereocenters. The maximum absolute atomic E-state index is 13.2. The summed E-state index contributed by atoms with van der Waals surface area (Å²) in [5.41, 5.74) is -5.56. The molecule has 0 aliphatic rings. The van der Waals surface area contributed by atoms with Crippen LogP contribution in [0.4, 0.5) is 17.6 Å². The molecule has 0 spiro atoms. The molecule has 20 heavy (non-hydrogen) atoms. The normalized spacial score (nSPS) is 12.7. The molecule has 0 heterocycles. The van der Waals surface area contributed by atoms with Crippen molar-refractivity contribution in [1.82, 2.24) is 0 Å². The largest absolute Gasteiger partial charge is 0.534 e. The lowest BCUT2D eigenvalue weighted by Gasteiger charge is -2.12. The van der Waals surface area contributed by atoms with E-state index in [0.29, 0.717) is 0 Å². The van der Waals surface area contributed by atoms with Crippen molar-refractivity contribution >= 4 is 32.5 Å². The minimum Gasteiger partial charge on any atom is -0.375 e. The number of rotatable bonds is 2. The first-order valence-electron chi connectivity index (χ1n) is 5.01. The average Bonchev–Trinajstić information content (AvgIpc) is 2.32. The van der Waals surface area contributed by atoms with Crippen molar-refractivity contribution in [3.63, 3.8) is 0 Å². The van der Waals surface area contributed by atoms with E-state index in [1.165, 1.54) is 12.1 Å². The molecule has 2 rings (SSSR count). The van der Waals surface area contributed by atoms with Gasteiger partial charge in [-0.1, -0.05) is 23.7 Å². The standard InChI is InChI=1S/C11H5ClF4O3S/c12-10-7-2-1-3-9(6(7)4-5-8(10)13)19-20(17,18)11(14,15)16/h1-5H. The first-order valence-corrected chi connectivity index (χ1v) is 6.79. The van der Waals surface area contributed by atoms with Gasteiger partial charge in [0.1, 0.15) is 5.82 Å². The predicted octanol–water partition coefficient (Wildman–Crippen LogP) is 3.86. The Morgan fingerprint density at radius 2 is 1.70 bits per heavy atom. The first kappa shape index (κ1) is 14.9. The third-order valence-electron chi connectivity index (χ3n) is 2.39. The Balaban J connectivity index is 2.61. The zero-order valence-corrected chi connectivity index (χ0v) is 11.0. The minimum absolute atomic E-state index is 0.0431. The van der Waals surface area contributed by atoms with Gasteiger partial charge in [-0.25, -0.2) is 4.39 Å². The highest BCUT2D eigenvalue weighted by Gasteiger charge is 2.48. The van der Waals surface area contributed by atoms with E-state index in [9.17, 15) is 26.0 Å². The Labute approximate surface area is 115 Å². The molecule has 108 valence electrons. The zero-order valence-electron chi connectivity index (χ0n) is 9.41. The molecule has 0 saturated carbocycles. The highest BCUT2D eigenvalue weighted by Crippen LogP contribution is 2.35. The van der Waals surface area contributed by atoms with Crippen LogP contribution in [0.15, 0.2) is 30.3 Å². The Bertz CT molecular complexity index is 771. The lowest BCUT2D eigenvalue weighted by atomic mass is 10.1. The maximum atomic E-state index is 13.2. The van der Waals surface area contributed by atoms with Crippen LogP contribution in [0.3, 0.4) is 0 Å². The Morgan fingerprint density at radius 1 is 1.05 bits per heavy atom. The van der Waals surface area contributed by atoms with Gasteiger partial charge in [-0.3, -0.25) is 0 Å². The first-order chi connectivity index (χ1) is 9.13. The second-order valence-corrected chi connectivity index (χ2v) is 5.61. The van der Waals surface area contributed by atoms with E-state index in [0.717, 1.165) is 18.2 Å². The molecule has 0 aromatic heterocycles. The molecule has 0 amide bonds. The van der Waals surface area contributed by atoms with Gasteiger partial charge in [0.15, 0.2) is 5.75 Å². The van der Waals surface area contributed by atoms with Crippen molar-refractivity contribution in [3.05, 3.63) is 41.2 Å². The van der Waals surface area contributed by atoms with Gasteiger partial charge in [0, 0.05) is 10.8 Å². The second-order valence-electron chi connectivity index (χ2n) is 3.70. The van der Waals surface area contributed by atoms with Gasteiger partial charge >= 0.3 is 15.6 Å². The van der Waals surface area contributed by atoms with E-state index in [1.54, 1.807) is 0 Å². The van der Waals surface area contributed by atoms with E-state index in [4.69, 9.17) is 11.6 Å². The van der Waals surface area contributed by atoms with Crippen LogP contribution in [0, 0.1) is 5.82 Å². The molecule has 0 atom stereocenters. The summed E-state index contributed by atoms with van der Waals surface area (Å²) in [6.45, 7) is 0. The van der Waals surface area contributed by atoms with Crippen molar-refractivity contribution in [2.45, 2.75) is 5.51 Å². The van der Waals surface area contributed by atoms with Gasteiger partial charge < -0.3 is 4.18 Å². The highest BCUT2D eigenvalue weighted by molar-refractivity contribution is 7.88. The van der Waals surface area contributed by atoms with E-state index < -0.39 is 27.2 Å². The molecular weight excluding hydrogens is 324 g/mol. The topological polar surface area (TPSA) is 43.4 Å². The molecule has 0 radical (unpaired) electrons. The fourth-order valence-electron chi connectivity index (χ4n) is 1.50. The predicted molar refractivity (Wildman–Crippen MR) is 64.5 cm³/mol. The molecule has 3 nitrogen and oxygen atoms in total. The number of hydrogen-bond acceptors (Lipinski definition) is 3. The Kier molecular flexibility index (Phi) is 3.55. The maximum Gasteiger partial charge on any atom is 0.534 e. The molecule has 0 N–H and O–H groups in total. The molecule has 0 fully saturated rings. The summed E-state index contributed by atoms with van der Waals surface area (Å²) in [7, 11) is -5.80. The number of benzene rings is 2. The van der Waals surface area contributed by atoms with Crippen LogP contribution >= 0.6 is 11.6 Å². The fourth-order valence-corrected chi connectivity index (χ4v) is 2.21. The summed E-state index contributed by atoms with van der Waals surface area (Å²) in [5, 5.41) is -0.342. The number of alkyl halides is 3. The molecule has 9 heteroatoms. The molecule has 0 saturated heterocycles. The van der Waals surface area contributed by atoms with Crippen LogP contribution in [0.5, 0.6) is 5.75 Å². The van der Waals surface area contributed by atoms with E-state index >= 15 is 0 Å². The summed E-state index contributed by atoms with van der Waals surface area (Å²) in [5.74, 6) is -1.36. The minimum atomic E-state index is -5.80. The lowest BCUT2D eigenvalue weighted by molar-refractivity contribution is -0.0499. The molecule has 2 aromatic rings. The third kappa shape index (κ3) is 2.53. The quantitative estimate of drug-likeness (QED) is 0.477. The van der Waals surface area contributed by atoms with Gasteiger partial charge in [-0.15, -0.1) is 0 Å². The van der Waals surface area contributed by atoms with Crippen LogP contribution in [0.1, 0.15) is 0 Å². The van der Waals surface area contributed by atoms with Crippen molar-refractivity contribution < 1.29 is 30.2 Å². The average molecular weight is 329 g/mol. The Hall–Kier alpha value is -1.54. The van der Waals surface area contributed by atoms with Crippen LogP contribution in [-0.2, 0) is 10.1 Å². The summed E-state index contributed by atoms with van der Waals surface area (Å²) in [6.07, 6.45) is 0. The lowest BCUT2D eigenvalue weighted by Crippen LogP contribution is -2.28. The molecule has 0 bridgehead atoms. The third-order valence-corrected chi connectivity index (χ3v) is 3.74. The molecule has 0 aliphatic carbocycles. The van der Waals surface area contributed by atoms with Crippen LogP contribution in [0.25, 0.3) is 10.8 Å². The number of halogens is 5. The molecular formula is C11H5ClF4O3S. The summed E-state index contributed by atoms with van der Waals surface area (Å²) < 4.78 is 76.0. The smallest absolute Gasteiger partial charge is 0.375 e. The van der Waals surface area contributed by atoms with Crippen LogP contribution < -0.4 is 4.18 Å². The molecule has 0 aliphatic heterocycles. The van der Waals surface area contributed by atoms with Crippen molar-refractivity contribution in [2.24, 2.45) is 0 Å². The second kappa shape index (κ2) is 4.78. The highest BCUT2D eigenvalue weighted by atomic mass is 35.5. The number of fused-ring (bicyclic) bond motifs is 1. The Morgan fingerprint density at radius 3 is 2.30 bits per heavy atom. The van der Waals surface area contributed by atoms with Gasteiger partial charge in [-0.05, 0) is 18.2 Å². The number of hydrogen-bond donors (Lipinski definition) is 0. The van der Waals surface area contributed by atoms with Gasteiger partial charge in [0.25, 0.3) is 0 Å². The van der Waals surface area contributed by atoms with E-state index in [1.807, 2.05) is 0 Å². The summed E-state index contributed by atoms with van der Waals surface area (Å²) in [4.78, 5) is 0. The van der Waals surface area contributed by atoms with Crippen LogP contribution in [0.2, 0.25) is 5.02 Å². The van der Waals surface area contributed by atoms with E-state index in [-0.39, 0.29) is 15.8 Å². The van der Waals surface area contributed by atoms with Crippen LogP contribution in [-0.4, -0.2) is 13.9 Å².